The lowest BCUT2D eigenvalue weighted by atomic mass is 10.1. The number of rotatable bonds is 7. The summed E-state index contributed by atoms with van der Waals surface area (Å²) in [5.74, 6) is -0.520. The first kappa shape index (κ1) is 23.2. The molecule has 4 heterocycles. The molecule has 9 nitrogen and oxygen atoms in total. The fraction of sp³-hybridized carbons (Fsp3) is 0.478. The summed E-state index contributed by atoms with van der Waals surface area (Å²) < 4.78 is 20.5. The topological polar surface area (TPSA) is 97.2 Å². The van der Waals surface area contributed by atoms with Crippen LogP contribution >= 0.6 is 11.6 Å². The highest BCUT2D eigenvalue weighted by molar-refractivity contribution is 6.76. The van der Waals surface area contributed by atoms with Crippen molar-refractivity contribution in [1.29, 1.82) is 0 Å². The summed E-state index contributed by atoms with van der Waals surface area (Å²) in [6.07, 6.45) is 6.28. The smallest absolute Gasteiger partial charge is 0.407 e. The van der Waals surface area contributed by atoms with E-state index in [0.29, 0.717) is 45.2 Å². The normalized spacial score (nSPS) is 17.1. The number of ether oxygens (including phenoxy) is 2. The standard InChI is InChI=1S/C23H28ClN5O4Si/c1-34(2,3)11-10-31-14-28-20-16(24)8-7-15(21(20)33-23(28)30)17-12-25-22-18(27-17)13-26-29(22)19-6-4-5-9-32-19/h7-8,12-13,19H,4-6,9-11,14H2,1-3H3. The van der Waals surface area contributed by atoms with Crippen molar-refractivity contribution in [2.75, 3.05) is 13.2 Å². The number of halogens is 1. The zero-order valence-electron chi connectivity index (χ0n) is 19.6. The molecule has 5 rings (SSSR count). The highest BCUT2D eigenvalue weighted by Gasteiger charge is 2.22. The van der Waals surface area contributed by atoms with E-state index >= 15 is 0 Å². The number of hydrogen-bond donors (Lipinski definition) is 0. The molecule has 4 aromatic rings. The lowest BCUT2D eigenvalue weighted by molar-refractivity contribution is -0.0370. The van der Waals surface area contributed by atoms with Gasteiger partial charge in [0.1, 0.15) is 17.8 Å². The Bertz CT molecular complexity index is 1380. The van der Waals surface area contributed by atoms with Gasteiger partial charge < -0.3 is 13.9 Å². The van der Waals surface area contributed by atoms with E-state index in [1.54, 1.807) is 29.2 Å². The van der Waals surface area contributed by atoms with Gasteiger partial charge in [-0.05, 0) is 37.4 Å². The first-order valence-electron chi connectivity index (χ1n) is 11.5. The third-order valence-corrected chi connectivity index (χ3v) is 7.99. The molecule has 0 N–H and O–H groups in total. The Kier molecular flexibility index (Phi) is 6.32. The fourth-order valence-electron chi connectivity index (χ4n) is 4.08. The zero-order chi connectivity index (χ0) is 23.9. The van der Waals surface area contributed by atoms with Crippen LogP contribution in [0.2, 0.25) is 30.7 Å². The lowest BCUT2D eigenvalue weighted by Gasteiger charge is -2.22. The maximum Gasteiger partial charge on any atom is 0.421 e. The number of fused-ring (bicyclic) bond motifs is 2. The summed E-state index contributed by atoms with van der Waals surface area (Å²) in [5.41, 5.74) is 3.36. The number of nitrogens with zero attached hydrogens (tertiary/aromatic N) is 5. The van der Waals surface area contributed by atoms with Crippen LogP contribution in [-0.4, -0.2) is 45.6 Å². The summed E-state index contributed by atoms with van der Waals surface area (Å²) in [6.45, 7) is 8.23. The minimum Gasteiger partial charge on any atom is -0.407 e. The Morgan fingerprint density at radius 1 is 1.24 bits per heavy atom. The molecule has 1 aromatic carbocycles. The summed E-state index contributed by atoms with van der Waals surface area (Å²) in [7, 11) is -1.23. The number of benzene rings is 1. The van der Waals surface area contributed by atoms with E-state index in [-0.39, 0.29) is 13.0 Å². The van der Waals surface area contributed by atoms with E-state index in [9.17, 15) is 4.79 Å². The van der Waals surface area contributed by atoms with Crippen molar-refractivity contribution in [1.82, 2.24) is 24.3 Å². The van der Waals surface area contributed by atoms with Gasteiger partial charge in [0.2, 0.25) is 0 Å². The van der Waals surface area contributed by atoms with Crippen LogP contribution in [0.1, 0.15) is 25.5 Å². The molecule has 34 heavy (non-hydrogen) atoms. The van der Waals surface area contributed by atoms with Crippen molar-refractivity contribution in [2.24, 2.45) is 0 Å². The maximum absolute atomic E-state index is 12.7. The molecule has 3 aromatic heterocycles. The Balaban J connectivity index is 1.48. The zero-order valence-corrected chi connectivity index (χ0v) is 21.3. The Morgan fingerprint density at radius 2 is 2.09 bits per heavy atom. The minimum absolute atomic E-state index is 0.0817. The second kappa shape index (κ2) is 9.25. The minimum atomic E-state index is -1.23. The van der Waals surface area contributed by atoms with Crippen LogP contribution in [0, 0.1) is 0 Å². The van der Waals surface area contributed by atoms with Crippen molar-refractivity contribution < 1.29 is 13.9 Å². The molecule has 0 saturated carbocycles. The van der Waals surface area contributed by atoms with Crippen LogP contribution in [0.25, 0.3) is 33.5 Å². The Hall–Kier alpha value is -2.53. The second-order valence-electron chi connectivity index (χ2n) is 9.79. The predicted octanol–water partition coefficient (Wildman–Crippen LogP) is 5.07. The molecule has 0 radical (unpaired) electrons. The molecule has 1 saturated heterocycles. The highest BCUT2D eigenvalue weighted by Crippen LogP contribution is 2.33. The van der Waals surface area contributed by atoms with Crippen LogP contribution in [0.5, 0.6) is 0 Å². The van der Waals surface area contributed by atoms with Gasteiger partial charge in [-0.2, -0.15) is 5.10 Å². The van der Waals surface area contributed by atoms with Gasteiger partial charge in [0.25, 0.3) is 0 Å². The summed E-state index contributed by atoms with van der Waals surface area (Å²) >= 11 is 6.47. The largest absolute Gasteiger partial charge is 0.421 e. The van der Waals surface area contributed by atoms with E-state index in [0.717, 1.165) is 31.9 Å². The first-order chi connectivity index (χ1) is 16.3. The first-order valence-corrected chi connectivity index (χ1v) is 15.6. The van der Waals surface area contributed by atoms with Crippen LogP contribution in [0.4, 0.5) is 0 Å². The van der Waals surface area contributed by atoms with E-state index in [4.69, 9.17) is 30.5 Å². The predicted molar refractivity (Wildman–Crippen MR) is 133 cm³/mol. The van der Waals surface area contributed by atoms with Crippen molar-refractivity contribution in [3.8, 4) is 11.3 Å². The third-order valence-electron chi connectivity index (χ3n) is 5.98. The summed E-state index contributed by atoms with van der Waals surface area (Å²) in [6, 6.07) is 4.53. The molecule has 11 heteroatoms. The van der Waals surface area contributed by atoms with Gasteiger partial charge in [-0.3, -0.25) is 0 Å². The average molecular weight is 502 g/mol. The summed E-state index contributed by atoms with van der Waals surface area (Å²) in [5, 5.41) is 4.87. The molecule has 0 aliphatic carbocycles. The molecule has 0 amide bonds. The molecule has 1 atom stereocenters. The molecule has 0 bridgehead atoms. The van der Waals surface area contributed by atoms with Crippen molar-refractivity contribution in [2.45, 2.75) is 57.9 Å². The quantitative estimate of drug-likeness (QED) is 0.257. The van der Waals surface area contributed by atoms with Crippen LogP contribution < -0.4 is 5.76 Å². The Morgan fingerprint density at radius 3 is 2.85 bits per heavy atom. The second-order valence-corrected chi connectivity index (χ2v) is 15.8. The van der Waals surface area contributed by atoms with Crippen molar-refractivity contribution in [3.05, 3.63) is 40.1 Å². The molecule has 180 valence electrons. The monoisotopic (exact) mass is 501 g/mol. The highest BCUT2D eigenvalue weighted by atomic mass is 35.5. The fourth-order valence-corrected chi connectivity index (χ4v) is 5.09. The molecular formula is C23H28ClN5O4Si. The summed E-state index contributed by atoms with van der Waals surface area (Å²) in [4.78, 5) is 22.0. The van der Waals surface area contributed by atoms with Crippen LogP contribution in [-0.2, 0) is 16.2 Å². The number of hydrogen-bond acceptors (Lipinski definition) is 7. The Labute approximate surface area is 202 Å². The van der Waals surface area contributed by atoms with Crippen LogP contribution in [0.3, 0.4) is 0 Å². The van der Waals surface area contributed by atoms with Crippen molar-refractivity contribution >= 4 is 41.9 Å². The lowest BCUT2D eigenvalue weighted by Crippen LogP contribution is -2.23. The van der Waals surface area contributed by atoms with Gasteiger partial charge in [-0.25, -0.2) is 24.0 Å². The average Bonchev–Trinajstić information content (AvgIpc) is 3.38. The SMILES string of the molecule is C[Si](C)(C)CCOCn1c(=O)oc2c(-c3cnc4c(cnn4C4CCCCO4)n3)ccc(Cl)c21. The van der Waals surface area contributed by atoms with Gasteiger partial charge in [0.15, 0.2) is 17.5 Å². The molecule has 1 aliphatic heterocycles. The van der Waals surface area contributed by atoms with Gasteiger partial charge >= 0.3 is 5.76 Å². The van der Waals surface area contributed by atoms with E-state index in [2.05, 4.69) is 29.7 Å². The maximum atomic E-state index is 12.7. The van der Waals surface area contributed by atoms with Gasteiger partial charge in [0, 0.05) is 26.9 Å². The van der Waals surface area contributed by atoms with Gasteiger partial charge in [0.05, 0.1) is 23.1 Å². The van der Waals surface area contributed by atoms with E-state index < -0.39 is 13.8 Å². The van der Waals surface area contributed by atoms with Crippen molar-refractivity contribution in [3.63, 3.8) is 0 Å². The molecule has 1 unspecified atom stereocenters. The number of oxazole rings is 1. The number of aromatic nitrogens is 5. The third kappa shape index (κ3) is 4.55. The molecule has 1 aliphatic rings. The van der Waals surface area contributed by atoms with Gasteiger partial charge in [-0.15, -0.1) is 0 Å². The molecular weight excluding hydrogens is 474 g/mol. The molecule has 0 spiro atoms. The van der Waals surface area contributed by atoms with E-state index in [1.807, 2.05) is 0 Å². The molecule has 1 fully saturated rings. The van der Waals surface area contributed by atoms with Crippen LogP contribution in [0.15, 0.2) is 33.7 Å². The van der Waals surface area contributed by atoms with E-state index in [1.165, 1.54) is 4.57 Å². The van der Waals surface area contributed by atoms with Gasteiger partial charge in [-0.1, -0.05) is 31.2 Å².